The molecule has 0 N–H and O–H groups in total. The molecule has 78 valence electrons. The zero-order valence-corrected chi connectivity index (χ0v) is 8.86. The monoisotopic (exact) mass is 244 g/mol. The molecule has 0 amide bonds. The molecule has 2 aromatic rings. The third-order valence-corrected chi connectivity index (χ3v) is 3.11. The Kier molecular flexibility index (Phi) is 2.45. The molecule has 0 saturated carbocycles. The van der Waals surface area contributed by atoms with Crippen LogP contribution in [-0.4, -0.2) is 18.6 Å². The summed E-state index contributed by atoms with van der Waals surface area (Å²) >= 11 is 0. The number of hydrogen-bond acceptors (Lipinski definition) is 5. The number of nitrogens with zero attached hydrogens (tertiary/aromatic N) is 2. The Hall–Kier alpha value is -1.40. The minimum Gasteiger partial charge on any atom is -0.334 e. The van der Waals surface area contributed by atoms with Gasteiger partial charge in [0.15, 0.2) is 6.33 Å². The summed E-state index contributed by atoms with van der Waals surface area (Å²) in [5, 5.41) is 3.44. The van der Waals surface area contributed by atoms with E-state index < -0.39 is 9.05 Å². The van der Waals surface area contributed by atoms with Crippen molar-refractivity contribution >= 4 is 19.7 Å². The lowest BCUT2D eigenvalue weighted by Gasteiger charge is -1.96. The summed E-state index contributed by atoms with van der Waals surface area (Å²) < 4.78 is 26.7. The van der Waals surface area contributed by atoms with Crippen molar-refractivity contribution in [3.63, 3.8) is 0 Å². The van der Waals surface area contributed by atoms with E-state index in [9.17, 15) is 8.42 Å². The van der Waals surface area contributed by atoms with Crippen LogP contribution in [0.4, 0.5) is 0 Å². The SMILES string of the molecule is O=S(=O)(Cl)c1ccc(-c2ncno2)cc1. The number of halogens is 1. The van der Waals surface area contributed by atoms with E-state index >= 15 is 0 Å². The molecule has 0 fully saturated rings. The summed E-state index contributed by atoms with van der Waals surface area (Å²) in [6, 6.07) is 5.84. The fourth-order valence-electron chi connectivity index (χ4n) is 1.06. The molecule has 1 aromatic carbocycles. The highest BCUT2D eigenvalue weighted by Crippen LogP contribution is 2.20. The van der Waals surface area contributed by atoms with E-state index in [1.165, 1.54) is 18.5 Å². The molecule has 1 heterocycles. The molecule has 0 unspecified atom stereocenters. The molecule has 1 aromatic heterocycles. The Morgan fingerprint density at radius 2 is 1.87 bits per heavy atom. The van der Waals surface area contributed by atoms with Crippen LogP contribution in [0.5, 0.6) is 0 Å². The first kappa shape index (κ1) is 10.1. The van der Waals surface area contributed by atoms with Crippen LogP contribution in [0.1, 0.15) is 0 Å². The van der Waals surface area contributed by atoms with Crippen LogP contribution in [0.25, 0.3) is 11.5 Å². The van der Waals surface area contributed by atoms with Crippen molar-refractivity contribution < 1.29 is 12.9 Å². The van der Waals surface area contributed by atoms with Crippen molar-refractivity contribution in [2.45, 2.75) is 4.90 Å². The van der Waals surface area contributed by atoms with Gasteiger partial charge in [0.1, 0.15) is 0 Å². The average molecular weight is 245 g/mol. The first-order valence-electron chi connectivity index (χ1n) is 3.89. The van der Waals surface area contributed by atoms with E-state index in [4.69, 9.17) is 15.2 Å². The van der Waals surface area contributed by atoms with E-state index in [1.54, 1.807) is 12.1 Å². The summed E-state index contributed by atoms with van der Waals surface area (Å²) in [5.74, 6) is 0.327. The third-order valence-electron chi connectivity index (χ3n) is 1.74. The van der Waals surface area contributed by atoms with Gasteiger partial charge in [-0.3, -0.25) is 0 Å². The highest BCUT2D eigenvalue weighted by molar-refractivity contribution is 8.13. The van der Waals surface area contributed by atoms with E-state index in [0.717, 1.165) is 0 Å². The number of benzene rings is 1. The summed E-state index contributed by atoms with van der Waals surface area (Å²) in [7, 11) is 1.47. The van der Waals surface area contributed by atoms with Crippen LogP contribution in [0.15, 0.2) is 40.0 Å². The van der Waals surface area contributed by atoms with Crippen molar-refractivity contribution in [1.29, 1.82) is 0 Å². The molecule has 0 aliphatic carbocycles. The van der Waals surface area contributed by atoms with Crippen molar-refractivity contribution in [2.75, 3.05) is 0 Å². The summed E-state index contributed by atoms with van der Waals surface area (Å²) in [5.41, 5.74) is 0.636. The van der Waals surface area contributed by atoms with Gasteiger partial charge in [-0.05, 0) is 24.3 Å². The molecule has 7 heteroatoms. The second kappa shape index (κ2) is 3.63. The first-order chi connectivity index (χ1) is 7.07. The molecule has 0 aliphatic heterocycles. The Morgan fingerprint density at radius 3 is 2.33 bits per heavy atom. The van der Waals surface area contributed by atoms with E-state index in [0.29, 0.717) is 11.5 Å². The molecule has 0 radical (unpaired) electrons. The lowest BCUT2D eigenvalue weighted by Crippen LogP contribution is -1.89. The smallest absolute Gasteiger partial charge is 0.261 e. The molecule has 0 spiro atoms. The van der Waals surface area contributed by atoms with Gasteiger partial charge in [0.05, 0.1) is 4.90 Å². The van der Waals surface area contributed by atoms with Crippen molar-refractivity contribution in [3.8, 4) is 11.5 Å². The zero-order chi connectivity index (χ0) is 10.9. The van der Waals surface area contributed by atoms with E-state index in [2.05, 4.69) is 10.1 Å². The predicted molar refractivity (Wildman–Crippen MR) is 52.8 cm³/mol. The van der Waals surface area contributed by atoms with Gasteiger partial charge >= 0.3 is 0 Å². The standard InChI is InChI=1S/C8H5ClN2O3S/c9-15(12,13)7-3-1-6(2-4-7)8-10-5-11-14-8/h1-5H. The van der Waals surface area contributed by atoms with Crippen LogP contribution in [0, 0.1) is 0 Å². The minimum atomic E-state index is -3.68. The van der Waals surface area contributed by atoms with Gasteiger partial charge < -0.3 is 4.52 Å². The van der Waals surface area contributed by atoms with Crippen LogP contribution in [0.2, 0.25) is 0 Å². The fourth-order valence-corrected chi connectivity index (χ4v) is 1.83. The molecule has 0 atom stereocenters. The van der Waals surface area contributed by atoms with Crippen molar-refractivity contribution in [2.24, 2.45) is 0 Å². The predicted octanol–water partition coefficient (Wildman–Crippen LogP) is 1.66. The Labute approximate surface area is 90.1 Å². The molecule has 2 rings (SSSR count). The van der Waals surface area contributed by atoms with E-state index in [-0.39, 0.29) is 4.90 Å². The molecular formula is C8H5ClN2O3S. The lowest BCUT2D eigenvalue weighted by molar-refractivity contribution is 0.430. The second-order valence-corrected chi connectivity index (χ2v) is 5.27. The normalized spacial score (nSPS) is 11.5. The van der Waals surface area contributed by atoms with Crippen molar-refractivity contribution in [3.05, 3.63) is 30.6 Å². The van der Waals surface area contributed by atoms with Crippen LogP contribution >= 0.6 is 10.7 Å². The van der Waals surface area contributed by atoms with Crippen molar-refractivity contribution in [1.82, 2.24) is 10.1 Å². The minimum absolute atomic E-state index is 0.0347. The summed E-state index contributed by atoms with van der Waals surface area (Å²) in [4.78, 5) is 3.85. The Balaban J connectivity index is 2.42. The first-order valence-corrected chi connectivity index (χ1v) is 6.20. The number of rotatable bonds is 2. The maximum atomic E-state index is 10.9. The molecular weight excluding hydrogens is 240 g/mol. The second-order valence-electron chi connectivity index (χ2n) is 2.71. The highest BCUT2D eigenvalue weighted by atomic mass is 35.7. The maximum Gasteiger partial charge on any atom is 0.261 e. The maximum absolute atomic E-state index is 10.9. The van der Waals surface area contributed by atoms with Gasteiger partial charge in [-0.25, -0.2) is 8.42 Å². The highest BCUT2D eigenvalue weighted by Gasteiger charge is 2.10. The molecule has 5 nitrogen and oxygen atoms in total. The van der Waals surface area contributed by atoms with Gasteiger partial charge in [-0.15, -0.1) is 0 Å². The lowest BCUT2D eigenvalue weighted by atomic mass is 10.2. The Morgan fingerprint density at radius 1 is 1.20 bits per heavy atom. The number of aromatic nitrogens is 2. The topological polar surface area (TPSA) is 73.1 Å². The summed E-state index contributed by atoms with van der Waals surface area (Å²) in [6.07, 6.45) is 1.27. The van der Waals surface area contributed by atoms with Gasteiger partial charge in [-0.1, -0.05) is 5.16 Å². The fraction of sp³-hybridized carbons (Fsp3) is 0. The molecule has 15 heavy (non-hydrogen) atoms. The van der Waals surface area contributed by atoms with Gasteiger partial charge in [0.25, 0.3) is 14.9 Å². The Bertz CT molecular complexity index is 548. The average Bonchev–Trinajstić information content (AvgIpc) is 2.69. The third kappa shape index (κ3) is 2.16. The van der Waals surface area contributed by atoms with Crippen LogP contribution < -0.4 is 0 Å². The van der Waals surface area contributed by atoms with Gasteiger partial charge in [-0.2, -0.15) is 4.98 Å². The molecule has 0 aliphatic rings. The number of hydrogen-bond donors (Lipinski definition) is 0. The molecule has 0 saturated heterocycles. The van der Waals surface area contributed by atoms with Crippen LogP contribution in [0.3, 0.4) is 0 Å². The van der Waals surface area contributed by atoms with Gasteiger partial charge in [0.2, 0.25) is 0 Å². The largest absolute Gasteiger partial charge is 0.334 e. The van der Waals surface area contributed by atoms with Crippen LogP contribution in [-0.2, 0) is 9.05 Å². The quantitative estimate of drug-likeness (QED) is 0.752. The zero-order valence-electron chi connectivity index (χ0n) is 7.29. The van der Waals surface area contributed by atoms with E-state index in [1.807, 2.05) is 0 Å². The van der Waals surface area contributed by atoms with Gasteiger partial charge in [0, 0.05) is 16.2 Å². The molecule has 0 bridgehead atoms. The summed E-state index contributed by atoms with van der Waals surface area (Å²) in [6.45, 7) is 0.